The molecule has 0 aromatic heterocycles. The number of carbonyl (C=O) groups excluding carboxylic acids is 3. The molecule has 0 spiro atoms. The van der Waals surface area contributed by atoms with Crippen molar-refractivity contribution in [3.8, 4) is 0 Å². The number of urea groups is 2. The van der Waals surface area contributed by atoms with Crippen molar-refractivity contribution in [3.63, 3.8) is 0 Å². The van der Waals surface area contributed by atoms with Crippen molar-refractivity contribution < 1.29 is 19.1 Å². The molecule has 2 aromatic rings. The quantitative estimate of drug-likeness (QED) is 0.119. The van der Waals surface area contributed by atoms with Gasteiger partial charge in [0.2, 0.25) is 0 Å². The lowest BCUT2D eigenvalue weighted by Gasteiger charge is -2.34. The van der Waals surface area contributed by atoms with Gasteiger partial charge in [-0.05, 0) is 83.4 Å². The van der Waals surface area contributed by atoms with E-state index in [4.69, 9.17) is 10.5 Å². The number of nitrogens with one attached hydrogen (secondary N) is 3. The number of rotatable bonds is 17. The third kappa shape index (κ3) is 19.2. The first-order chi connectivity index (χ1) is 27.3. The van der Waals surface area contributed by atoms with Gasteiger partial charge in [-0.2, -0.15) is 0 Å². The lowest BCUT2D eigenvalue weighted by Crippen LogP contribution is -2.44. The molecular formula is C39H66N10O4S4. The highest BCUT2D eigenvalue weighted by Crippen LogP contribution is 2.24. The number of carbonyl (C=O) groups is 3. The van der Waals surface area contributed by atoms with E-state index in [1.807, 2.05) is 45.0 Å². The predicted octanol–water partition coefficient (Wildman–Crippen LogP) is 5.41. The number of amides is 5. The van der Waals surface area contributed by atoms with Crippen molar-refractivity contribution in [1.29, 1.82) is 0 Å². The van der Waals surface area contributed by atoms with E-state index in [1.54, 1.807) is 67.1 Å². The van der Waals surface area contributed by atoms with Crippen LogP contribution in [0.4, 0.5) is 37.1 Å². The van der Waals surface area contributed by atoms with Crippen LogP contribution in [-0.4, -0.2) is 163 Å². The first kappa shape index (κ1) is 48.5. The summed E-state index contributed by atoms with van der Waals surface area (Å²) in [4.78, 5) is 48.9. The number of ether oxygens (including phenoxy) is 1. The molecule has 0 saturated carbocycles. The van der Waals surface area contributed by atoms with E-state index in [-0.39, 0.29) is 12.1 Å². The zero-order chi connectivity index (χ0) is 41.6. The third-order valence-corrected chi connectivity index (χ3v) is 13.8. The molecule has 2 aliphatic rings. The second-order valence-electron chi connectivity index (χ2n) is 14.7. The first-order valence-corrected chi connectivity index (χ1v) is 24.5. The number of piperazine rings is 2. The standard InChI is InChI=1S/C22H37N5O3S2.C17H29N5OS2/c1-22(2,3)30-21(29)24-11-17-32-31-16-10-23-20(28)26(5)18-6-8-19(9-7-18)27-14-12-25(4)13-15-27;1-20-9-11-22(12-10-20)16-5-3-15(4-6-16)21(2)17(23)19-8-14-25-24-13-7-18/h6-9H,10-17H2,1-5H3,(H,23,28)(H,24,29);3-6H,7-14,18H2,1-2H3,(H,19,23). The number of nitrogens with two attached hydrogens (primary N) is 1. The van der Waals surface area contributed by atoms with Crippen LogP contribution in [0.15, 0.2) is 48.5 Å². The minimum absolute atomic E-state index is 0.0724. The van der Waals surface area contributed by atoms with E-state index >= 15 is 0 Å². The molecule has 5 amide bonds. The molecule has 0 aliphatic carbocycles. The number of nitrogens with zero attached hydrogens (tertiary/aromatic N) is 6. The summed E-state index contributed by atoms with van der Waals surface area (Å²) in [5.41, 5.74) is 9.16. The molecule has 2 fully saturated rings. The van der Waals surface area contributed by atoms with Crippen LogP contribution in [0.25, 0.3) is 0 Å². The zero-order valence-electron chi connectivity index (χ0n) is 35.0. The van der Waals surface area contributed by atoms with Gasteiger partial charge in [0.15, 0.2) is 0 Å². The van der Waals surface area contributed by atoms with Gasteiger partial charge in [-0.25, -0.2) is 14.4 Å². The van der Waals surface area contributed by atoms with Crippen molar-refractivity contribution in [2.45, 2.75) is 26.4 Å². The maximum Gasteiger partial charge on any atom is 0.407 e. The van der Waals surface area contributed by atoms with Gasteiger partial charge in [0.05, 0.1) is 0 Å². The van der Waals surface area contributed by atoms with Crippen LogP contribution in [0.3, 0.4) is 0 Å². The minimum atomic E-state index is -0.482. The van der Waals surface area contributed by atoms with Crippen molar-refractivity contribution in [1.82, 2.24) is 25.8 Å². The third-order valence-electron chi connectivity index (χ3n) is 8.96. The molecule has 5 N–H and O–H groups in total. The lowest BCUT2D eigenvalue weighted by molar-refractivity contribution is 0.0531. The van der Waals surface area contributed by atoms with Gasteiger partial charge < -0.3 is 46.0 Å². The zero-order valence-corrected chi connectivity index (χ0v) is 38.2. The van der Waals surface area contributed by atoms with Crippen LogP contribution in [0.1, 0.15) is 20.8 Å². The summed E-state index contributed by atoms with van der Waals surface area (Å²) in [7, 11) is 14.7. The number of benzene rings is 2. The number of hydrogen-bond acceptors (Lipinski definition) is 13. The lowest BCUT2D eigenvalue weighted by atomic mass is 10.2. The average Bonchev–Trinajstić information content (AvgIpc) is 3.19. The SMILES string of the molecule is CN1CCN(c2ccc(N(C)C(=O)NCCSSCCN)cc2)CC1.CN1CCN(c2ccc(N(C)C(=O)NCCSSCCNC(=O)OC(C)(C)C)cc2)CC1. The first-order valence-electron chi connectivity index (χ1n) is 19.5. The normalized spacial score (nSPS) is 14.9. The molecule has 0 radical (unpaired) electrons. The number of hydrogen-bond donors (Lipinski definition) is 4. The van der Waals surface area contributed by atoms with E-state index < -0.39 is 11.7 Å². The summed E-state index contributed by atoms with van der Waals surface area (Å²) in [6, 6.07) is 16.2. The second-order valence-corrected chi connectivity index (χ2v) is 20.1. The molecule has 57 heavy (non-hydrogen) atoms. The average molecular weight is 867 g/mol. The molecule has 14 nitrogen and oxygen atoms in total. The highest BCUT2D eigenvalue weighted by molar-refractivity contribution is 8.77. The number of likely N-dealkylation sites (N-methyl/N-ethyl adjacent to an activating group) is 2. The molecule has 2 saturated heterocycles. The maximum absolute atomic E-state index is 12.4. The Morgan fingerprint density at radius 2 is 0.965 bits per heavy atom. The summed E-state index contributed by atoms with van der Waals surface area (Å²) < 4.78 is 5.19. The van der Waals surface area contributed by atoms with Crippen molar-refractivity contribution in [2.24, 2.45) is 5.73 Å². The van der Waals surface area contributed by atoms with Crippen LogP contribution < -0.4 is 41.3 Å². The van der Waals surface area contributed by atoms with Crippen molar-refractivity contribution in [2.75, 3.05) is 149 Å². The molecule has 18 heteroatoms. The monoisotopic (exact) mass is 866 g/mol. The summed E-state index contributed by atoms with van der Waals surface area (Å²) in [5.74, 6) is 3.39. The van der Waals surface area contributed by atoms with Crippen LogP contribution in [0, 0.1) is 0 Å². The van der Waals surface area contributed by atoms with Crippen molar-refractivity contribution in [3.05, 3.63) is 48.5 Å². The smallest absolute Gasteiger partial charge is 0.407 e. The Hall–Kier alpha value is -2.87. The minimum Gasteiger partial charge on any atom is -0.444 e. The number of alkyl carbamates (subject to hydrolysis) is 1. The van der Waals surface area contributed by atoms with Gasteiger partial charge in [0.1, 0.15) is 5.60 Å². The Morgan fingerprint density at radius 3 is 1.32 bits per heavy atom. The molecule has 2 aliphatic heterocycles. The summed E-state index contributed by atoms with van der Waals surface area (Å²) in [6.07, 6.45) is -0.394. The van der Waals surface area contributed by atoms with Crippen LogP contribution >= 0.6 is 43.2 Å². The van der Waals surface area contributed by atoms with Gasteiger partial charge >= 0.3 is 18.2 Å². The van der Waals surface area contributed by atoms with Crippen molar-refractivity contribution >= 4 is 84.1 Å². The molecule has 2 heterocycles. The Bertz CT molecular complexity index is 1460. The van der Waals surface area contributed by atoms with Gasteiger partial charge in [0, 0.05) is 138 Å². The largest absolute Gasteiger partial charge is 0.444 e. The molecule has 2 aromatic carbocycles. The summed E-state index contributed by atoms with van der Waals surface area (Å²) in [6.45, 7) is 16.5. The Kier molecular flexibility index (Phi) is 22.4. The van der Waals surface area contributed by atoms with E-state index in [1.165, 1.54) is 11.4 Å². The number of anilines is 4. The van der Waals surface area contributed by atoms with E-state index in [9.17, 15) is 14.4 Å². The Labute approximate surface area is 357 Å². The topological polar surface area (TPSA) is 142 Å². The van der Waals surface area contributed by atoms with Gasteiger partial charge in [-0.1, -0.05) is 43.2 Å². The highest BCUT2D eigenvalue weighted by Gasteiger charge is 2.18. The molecular weight excluding hydrogens is 801 g/mol. The Morgan fingerprint density at radius 1 is 0.614 bits per heavy atom. The van der Waals surface area contributed by atoms with Crippen LogP contribution in [0.2, 0.25) is 0 Å². The van der Waals surface area contributed by atoms with E-state index in [0.717, 1.165) is 86.7 Å². The van der Waals surface area contributed by atoms with Crippen LogP contribution in [-0.2, 0) is 4.74 Å². The van der Waals surface area contributed by atoms with E-state index in [2.05, 4.69) is 73.9 Å². The fraction of sp³-hybridized carbons (Fsp3) is 0.615. The van der Waals surface area contributed by atoms with E-state index in [0.29, 0.717) is 26.2 Å². The summed E-state index contributed by atoms with van der Waals surface area (Å²) in [5, 5.41) is 8.62. The molecule has 0 unspecified atom stereocenters. The fourth-order valence-corrected chi connectivity index (χ4v) is 9.14. The fourth-order valence-electron chi connectivity index (χ4n) is 5.57. The highest BCUT2D eigenvalue weighted by atomic mass is 33.1. The second kappa shape index (κ2) is 26.3. The molecule has 0 bridgehead atoms. The Balaban J connectivity index is 0.000000315. The van der Waals surface area contributed by atoms with Gasteiger partial charge in [-0.3, -0.25) is 9.80 Å². The van der Waals surface area contributed by atoms with Gasteiger partial charge in [0.25, 0.3) is 0 Å². The van der Waals surface area contributed by atoms with Gasteiger partial charge in [-0.15, -0.1) is 0 Å². The molecule has 320 valence electrons. The maximum atomic E-state index is 12.4. The molecule has 4 rings (SSSR count). The van der Waals surface area contributed by atoms with Crippen LogP contribution in [0.5, 0.6) is 0 Å². The molecule has 0 atom stereocenters. The summed E-state index contributed by atoms with van der Waals surface area (Å²) >= 11 is 0. The predicted molar refractivity (Wildman–Crippen MR) is 249 cm³/mol.